The Morgan fingerprint density at radius 2 is 1.77 bits per heavy atom. The zero-order valence-corrected chi connectivity index (χ0v) is 21.1. The molecule has 0 bridgehead atoms. The monoisotopic (exact) mass is 490 g/mol. The normalized spacial score (nSPS) is 20.5. The molecule has 0 saturated carbocycles. The number of benzene rings is 3. The van der Waals surface area contributed by atoms with Crippen LogP contribution in [-0.2, 0) is 10.0 Å². The van der Waals surface area contributed by atoms with E-state index >= 15 is 0 Å². The molecule has 0 spiro atoms. The van der Waals surface area contributed by atoms with E-state index in [1.54, 1.807) is 20.3 Å². The minimum atomic E-state index is -3.74. The molecule has 0 saturated heterocycles. The number of hydrogen-bond acceptors (Lipinski definition) is 5. The second-order valence-electron chi connectivity index (χ2n) is 9.26. The first-order chi connectivity index (χ1) is 16.8. The minimum Gasteiger partial charge on any atom is -0.497 e. The number of methoxy groups -OCH3 is 2. The maximum Gasteiger partial charge on any atom is 0.261 e. The summed E-state index contributed by atoms with van der Waals surface area (Å²) in [5.74, 6) is 1.90. The van der Waals surface area contributed by atoms with E-state index in [4.69, 9.17) is 9.47 Å². The second-order valence-corrected chi connectivity index (χ2v) is 10.9. The van der Waals surface area contributed by atoms with Gasteiger partial charge in [0.25, 0.3) is 10.0 Å². The number of aryl methyl sites for hydroxylation is 2. The third-order valence-electron chi connectivity index (χ3n) is 7.05. The molecular weight excluding hydrogens is 460 g/mol. The highest BCUT2D eigenvalue weighted by molar-refractivity contribution is 7.92. The van der Waals surface area contributed by atoms with Crippen LogP contribution in [0.5, 0.6) is 11.5 Å². The number of sulfonamides is 1. The Labute approximate surface area is 207 Å². The maximum absolute atomic E-state index is 13.3. The van der Waals surface area contributed by atoms with Crippen molar-refractivity contribution in [1.29, 1.82) is 0 Å². The lowest BCUT2D eigenvalue weighted by Crippen LogP contribution is -2.29. The standard InChI is InChI=1S/C28H30N2O4S/c1-17-8-9-18(2)26(14-17)30-35(31,32)20-11-12-25-23(16-20)21-6-5-7-22(21)28(29-25)24-15-19(33-3)10-13-27(24)34-4/h5-6,8-16,21-22,28-30H,7H2,1-4H3/t21-,22+,28-/m0/s1. The van der Waals surface area contributed by atoms with Gasteiger partial charge in [0.15, 0.2) is 0 Å². The van der Waals surface area contributed by atoms with Crippen LogP contribution in [-0.4, -0.2) is 22.6 Å². The largest absolute Gasteiger partial charge is 0.497 e. The Balaban J connectivity index is 1.52. The first-order valence-electron chi connectivity index (χ1n) is 11.7. The fourth-order valence-corrected chi connectivity index (χ4v) is 6.34. The molecule has 3 aromatic carbocycles. The molecule has 35 heavy (non-hydrogen) atoms. The third-order valence-corrected chi connectivity index (χ3v) is 8.42. The number of nitrogens with one attached hydrogen (secondary N) is 2. The Bertz CT molecular complexity index is 1410. The van der Waals surface area contributed by atoms with Crippen molar-refractivity contribution in [1.82, 2.24) is 0 Å². The minimum absolute atomic E-state index is 0.00285. The van der Waals surface area contributed by atoms with Gasteiger partial charge in [-0.3, -0.25) is 4.72 Å². The molecule has 1 aliphatic heterocycles. The first kappa shape index (κ1) is 23.3. The van der Waals surface area contributed by atoms with E-state index in [-0.39, 0.29) is 22.8 Å². The fraction of sp³-hybridized carbons (Fsp3) is 0.286. The molecule has 6 nitrogen and oxygen atoms in total. The van der Waals surface area contributed by atoms with E-state index in [1.807, 2.05) is 62.4 Å². The third kappa shape index (κ3) is 4.25. The van der Waals surface area contributed by atoms with Crippen LogP contribution in [0.2, 0.25) is 0 Å². The van der Waals surface area contributed by atoms with Gasteiger partial charge in [-0.05, 0) is 85.3 Å². The molecule has 3 aromatic rings. The van der Waals surface area contributed by atoms with Crippen LogP contribution in [0.3, 0.4) is 0 Å². The Morgan fingerprint density at radius 1 is 0.943 bits per heavy atom. The average Bonchev–Trinajstić information content (AvgIpc) is 3.35. The van der Waals surface area contributed by atoms with Crippen LogP contribution in [0.1, 0.15) is 40.6 Å². The molecule has 0 amide bonds. The molecule has 7 heteroatoms. The van der Waals surface area contributed by atoms with E-state index in [0.29, 0.717) is 5.69 Å². The summed E-state index contributed by atoms with van der Waals surface area (Å²) in [5.41, 5.74) is 5.44. The van der Waals surface area contributed by atoms with Gasteiger partial charge < -0.3 is 14.8 Å². The summed E-state index contributed by atoms with van der Waals surface area (Å²) in [7, 11) is -0.409. The molecular formula is C28H30N2O4S. The molecule has 0 aromatic heterocycles. The van der Waals surface area contributed by atoms with Crippen LogP contribution in [0, 0.1) is 19.8 Å². The van der Waals surface area contributed by atoms with Gasteiger partial charge in [-0.2, -0.15) is 0 Å². The van der Waals surface area contributed by atoms with Gasteiger partial charge in [-0.15, -0.1) is 0 Å². The number of anilines is 2. The van der Waals surface area contributed by atoms with Crippen LogP contribution in [0.15, 0.2) is 71.6 Å². The second kappa shape index (κ2) is 8.96. The Kier molecular flexibility index (Phi) is 5.97. The van der Waals surface area contributed by atoms with Gasteiger partial charge in [0.1, 0.15) is 11.5 Å². The SMILES string of the molecule is COc1ccc(OC)c([C@H]2Nc3ccc(S(=O)(=O)Nc4cc(C)ccc4C)cc3[C@H]3C=CC[C@H]32)c1. The molecule has 0 fully saturated rings. The maximum atomic E-state index is 13.3. The number of rotatable bonds is 6. The quantitative estimate of drug-likeness (QED) is 0.418. The van der Waals surface area contributed by atoms with E-state index in [9.17, 15) is 8.42 Å². The lowest BCUT2D eigenvalue weighted by Gasteiger charge is -2.38. The van der Waals surface area contributed by atoms with Gasteiger partial charge in [-0.1, -0.05) is 24.3 Å². The van der Waals surface area contributed by atoms with Gasteiger partial charge in [0.2, 0.25) is 0 Å². The Morgan fingerprint density at radius 3 is 2.54 bits per heavy atom. The van der Waals surface area contributed by atoms with Crippen LogP contribution in [0.25, 0.3) is 0 Å². The van der Waals surface area contributed by atoms with E-state index in [0.717, 1.165) is 45.9 Å². The van der Waals surface area contributed by atoms with Gasteiger partial charge >= 0.3 is 0 Å². The molecule has 5 rings (SSSR count). The van der Waals surface area contributed by atoms with Gasteiger partial charge in [0.05, 0.1) is 30.8 Å². The summed E-state index contributed by atoms with van der Waals surface area (Å²) >= 11 is 0. The highest BCUT2D eigenvalue weighted by atomic mass is 32.2. The summed E-state index contributed by atoms with van der Waals surface area (Å²) in [5, 5.41) is 3.66. The molecule has 0 unspecified atom stereocenters. The number of ether oxygens (including phenoxy) is 2. The smallest absolute Gasteiger partial charge is 0.261 e. The van der Waals surface area contributed by atoms with Crippen molar-refractivity contribution in [3.05, 3.63) is 89.0 Å². The summed E-state index contributed by atoms with van der Waals surface area (Å²) in [4.78, 5) is 0.260. The lowest BCUT2D eigenvalue weighted by molar-refractivity contribution is 0.374. The molecule has 2 aliphatic rings. The Hall–Kier alpha value is -3.45. The highest BCUT2D eigenvalue weighted by Crippen LogP contribution is 2.52. The predicted octanol–water partition coefficient (Wildman–Crippen LogP) is 5.95. The molecule has 1 aliphatic carbocycles. The van der Waals surface area contributed by atoms with Gasteiger partial charge in [0, 0.05) is 17.2 Å². The van der Waals surface area contributed by atoms with E-state index < -0.39 is 10.0 Å². The number of allylic oxidation sites excluding steroid dienone is 2. The fourth-order valence-electron chi connectivity index (χ4n) is 5.18. The van der Waals surface area contributed by atoms with Crippen molar-refractivity contribution in [2.45, 2.75) is 37.1 Å². The van der Waals surface area contributed by atoms with Crippen molar-refractivity contribution >= 4 is 21.4 Å². The van der Waals surface area contributed by atoms with Crippen molar-refractivity contribution in [3.63, 3.8) is 0 Å². The number of fused-ring (bicyclic) bond motifs is 3. The van der Waals surface area contributed by atoms with Crippen LogP contribution < -0.4 is 19.5 Å². The predicted molar refractivity (Wildman–Crippen MR) is 139 cm³/mol. The molecule has 1 heterocycles. The zero-order chi connectivity index (χ0) is 24.7. The summed E-state index contributed by atoms with van der Waals surface area (Å²) in [6, 6.07) is 16.9. The summed E-state index contributed by atoms with van der Waals surface area (Å²) in [6.45, 7) is 3.84. The topological polar surface area (TPSA) is 76.7 Å². The summed E-state index contributed by atoms with van der Waals surface area (Å²) < 4.78 is 40.5. The van der Waals surface area contributed by atoms with Gasteiger partial charge in [-0.25, -0.2) is 8.42 Å². The first-order valence-corrected chi connectivity index (χ1v) is 13.2. The van der Waals surface area contributed by atoms with Crippen LogP contribution >= 0.6 is 0 Å². The van der Waals surface area contributed by atoms with Crippen molar-refractivity contribution in [3.8, 4) is 11.5 Å². The molecule has 2 N–H and O–H groups in total. The van der Waals surface area contributed by atoms with E-state index in [1.165, 1.54) is 0 Å². The van der Waals surface area contributed by atoms with E-state index in [2.05, 4.69) is 22.2 Å². The van der Waals surface area contributed by atoms with Crippen LogP contribution in [0.4, 0.5) is 11.4 Å². The van der Waals surface area contributed by atoms with Crippen molar-refractivity contribution in [2.24, 2.45) is 5.92 Å². The van der Waals surface area contributed by atoms with Crippen molar-refractivity contribution < 1.29 is 17.9 Å². The number of hydrogen-bond donors (Lipinski definition) is 2. The molecule has 182 valence electrons. The zero-order valence-electron chi connectivity index (χ0n) is 20.3. The highest BCUT2D eigenvalue weighted by Gasteiger charge is 2.39. The van der Waals surface area contributed by atoms with Crippen molar-refractivity contribution in [2.75, 3.05) is 24.3 Å². The average molecular weight is 491 g/mol. The summed E-state index contributed by atoms with van der Waals surface area (Å²) in [6.07, 6.45) is 5.26. The molecule has 0 radical (unpaired) electrons. The lowest BCUT2D eigenvalue weighted by atomic mass is 9.77. The molecule has 3 atom stereocenters.